The van der Waals surface area contributed by atoms with Crippen molar-refractivity contribution in [2.75, 3.05) is 13.2 Å². The molecule has 31 heavy (non-hydrogen) atoms. The van der Waals surface area contributed by atoms with Gasteiger partial charge in [-0.15, -0.1) is 11.3 Å². The minimum absolute atomic E-state index is 0.577. The van der Waals surface area contributed by atoms with Crippen LogP contribution in [0, 0.1) is 12.8 Å². The van der Waals surface area contributed by atoms with Crippen molar-refractivity contribution in [3.63, 3.8) is 0 Å². The standard InChI is InChI=1S/C29H36OS/c1-4-5-20-30-21-7-10-27-9-6-8-23(2)28(27)17-15-25-11-13-26(14-12-25)16-18-29-24(3)19-22-31-29/h6,9,11-19,22-23H,4-5,7-8,10,20-21H2,1-3H3/b17-15+,18-16+. The Morgan fingerprint density at radius 2 is 1.68 bits per heavy atom. The predicted octanol–water partition coefficient (Wildman–Crippen LogP) is 8.73. The van der Waals surface area contributed by atoms with E-state index in [2.05, 4.69) is 92.9 Å². The summed E-state index contributed by atoms with van der Waals surface area (Å²) in [4.78, 5) is 1.33. The van der Waals surface area contributed by atoms with Crippen LogP contribution in [0.3, 0.4) is 0 Å². The van der Waals surface area contributed by atoms with Crippen LogP contribution in [0.5, 0.6) is 0 Å². The van der Waals surface area contributed by atoms with Crippen molar-refractivity contribution in [3.05, 3.63) is 86.7 Å². The highest BCUT2D eigenvalue weighted by atomic mass is 32.1. The normalized spacial score (nSPS) is 16.8. The molecule has 0 amide bonds. The summed E-state index contributed by atoms with van der Waals surface area (Å²) >= 11 is 1.79. The van der Waals surface area contributed by atoms with E-state index in [1.807, 2.05) is 0 Å². The quantitative estimate of drug-likeness (QED) is 0.322. The van der Waals surface area contributed by atoms with Gasteiger partial charge in [-0.2, -0.15) is 0 Å². The molecule has 0 saturated heterocycles. The van der Waals surface area contributed by atoms with Crippen LogP contribution in [0.1, 0.15) is 67.5 Å². The summed E-state index contributed by atoms with van der Waals surface area (Å²) in [5.74, 6) is 0.577. The number of thiophene rings is 1. The SMILES string of the molecule is CCCCOCCCC1=C(/C=C/c2ccc(/C=C/c3sccc3C)cc2)C(C)CC=C1. The molecule has 164 valence electrons. The Kier molecular flexibility index (Phi) is 9.58. The molecule has 1 heterocycles. The molecule has 1 nitrogen and oxygen atoms in total. The lowest BCUT2D eigenvalue weighted by Gasteiger charge is -2.20. The second-order valence-electron chi connectivity index (χ2n) is 8.39. The van der Waals surface area contributed by atoms with Crippen molar-refractivity contribution in [1.29, 1.82) is 0 Å². The van der Waals surface area contributed by atoms with Gasteiger partial charge in [0.25, 0.3) is 0 Å². The molecule has 1 aromatic heterocycles. The fourth-order valence-electron chi connectivity index (χ4n) is 3.80. The molecule has 1 aromatic carbocycles. The molecule has 1 aliphatic carbocycles. The molecule has 0 saturated carbocycles. The van der Waals surface area contributed by atoms with E-state index in [0.29, 0.717) is 5.92 Å². The molecule has 0 aliphatic heterocycles. The van der Waals surface area contributed by atoms with Gasteiger partial charge in [0.2, 0.25) is 0 Å². The van der Waals surface area contributed by atoms with Crippen LogP contribution in [0.15, 0.2) is 65.1 Å². The average Bonchev–Trinajstić information content (AvgIpc) is 3.19. The largest absolute Gasteiger partial charge is 0.381 e. The number of benzene rings is 1. The molecule has 3 rings (SSSR count). The van der Waals surface area contributed by atoms with Crippen LogP contribution in [0.25, 0.3) is 18.2 Å². The minimum Gasteiger partial charge on any atom is -0.381 e. The second-order valence-corrected chi connectivity index (χ2v) is 9.34. The van der Waals surface area contributed by atoms with Gasteiger partial charge in [0.05, 0.1) is 0 Å². The number of aryl methyl sites for hydroxylation is 1. The summed E-state index contributed by atoms with van der Waals surface area (Å²) in [5.41, 5.74) is 6.78. The third kappa shape index (κ3) is 7.48. The zero-order chi connectivity index (χ0) is 21.9. The first-order valence-corrected chi connectivity index (χ1v) is 12.5. The van der Waals surface area contributed by atoms with E-state index < -0.39 is 0 Å². The fraction of sp³-hybridized carbons (Fsp3) is 0.379. The number of hydrogen-bond donors (Lipinski definition) is 0. The van der Waals surface area contributed by atoms with Crippen LogP contribution in [-0.4, -0.2) is 13.2 Å². The van der Waals surface area contributed by atoms with Crippen LogP contribution >= 0.6 is 11.3 Å². The van der Waals surface area contributed by atoms with E-state index in [9.17, 15) is 0 Å². The molecular formula is C29H36OS. The summed E-state index contributed by atoms with van der Waals surface area (Å²) < 4.78 is 5.75. The number of unbranched alkanes of at least 4 members (excludes halogenated alkanes) is 1. The van der Waals surface area contributed by atoms with E-state index in [4.69, 9.17) is 4.74 Å². The summed E-state index contributed by atoms with van der Waals surface area (Å²) in [6.07, 6.45) is 19.3. The Morgan fingerprint density at radius 1 is 0.968 bits per heavy atom. The molecule has 0 N–H and O–H groups in total. The molecule has 0 bridgehead atoms. The van der Waals surface area contributed by atoms with Crippen molar-refractivity contribution in [2.24, 2.45) is 5.92 Å². The molecule has 1 unspecified atom stereocenters. The maximum absolute atomic E-state index is 5.75. The average molecular weight is 433 g/mol. The number of allylic oxidation sites excluding steroid dienone is 5. The van der Waals surface area contributed by atoms with Crippen molar-refractivity contribution < 1.29 is 4.74 Å². The topological polar surface area (TPSA) is 9.23 Å². The van der Waals surface area contributed by atoms with Gasteiger partial charge >= 0.3 is 0 Å². The van der Waals surface area contributed by atoms with Crippen molar-refractivity contribution in [1.82, 2.24) is 0 Å². The van der Waals surface area contributed by atoms with Gasteiger partial charge in [-0.25, -0.2) is 0 Å². The van der Waals surface area contributed by atoms with Gasteiger partial charge in [0.1, 0.15) is 0 Å². The summed E-state index contributed by atoms with van der Waals surface area (Å²) in [7, 11) is 0. The maximum Gasteiger partial charge on any atom is 0.0469 e. The Labute approximate surface area is 192 Å². The van der Waals surface area contributed by atoms with Gasteiger partial charge in [0, 0.05) is 18.1 Å². The monoisotopic (exact) mass is 432 g/mol. The number of hydrogen-bond acceptors (Lipinski definition) is 2. The van der Waals surface area contributed by atoms with E-state index in [1.165, 1.54) is 39.1 Å². The first kappa shape index (κ1) is 23.5. The summed E-state index contributed by atoms with van der Waals surface area (Å²) in [5, 5.41) is 2.15. The van der Waals surface area contributed by atoms with Gasteiger partial charge in [0.15, 0.2) is 0 Å². The van der Waals surface area contributed by atoms with Crippen LogP contribution in [-0.2, 0) is 4.74 Å². The first-order chi connectivity index (χ1) is 15.2. The van der Waals surface area contributed by atoms with Gasteiger partial charge in [-0.05, 0) is 83.9 Å². The van der Waals surface area contributed by atoms with Gasteiger partial charge in [-0.3, -0.25) is 0 Å². The van der Waals surface area contributed by atoms with E-state index in [0.717, 1.165) is 38.9 Å². The molecule has 1 aliphatic rings. The number of ether oxygens (including phenoxy) is 1. The zero-order valence-electron chi connectivity index (χ0n) is 19.3. The van der Waals surface area contributed by atoms with E-state index >= 15 is 0 Å². The number of rotatable bonds is 11. The van der Waals surface area contributed by atoms with E-state index in [1.54, 1.807) is 11.3 Å². The summed E-state index contributed by atoms with van der Waals surface area (Å²) in [6, 6.07) is 11.0. The van der Waals surface area contributed by atoms with Crippen molar-refractivity contribution in [3.8, 4) is 0 Å². The molecule has 0 radical (unpaired) electrons. The molecule has 0 fully saturated rings. The Balaban J connectivity index is 1.60. The Morgan fingerprint density at radius 3 is 2.35 bits per heavy atom. The maximum atomic E-state index is 5.75. The van der Waals surface area contributed by atoms with Crippen LogP contribution in [0.2, 0.25) is 0 Å². The lowest BCUT2D eigenvalue weighted by atomic mass is 9.86. The minimum atomic E-state index is 0.577. The lowest BCUT2D eigenvalue weighted by molar-refractivity contribution is 0.129. The Bertz CT molecular complexity index is 924. The molecule has 0 spiro atoms. The lowest BCUT2D eigenvalue weighted by Crippen LogP contribution is -2.05. The van der Waals surface area contributed by atoms with E-state index in [-0.39, 0.29) is 0 Å². The van der Waals surface area contributed by atoms with Gasteiger partial charge in [-0.1, -0.05) is 74.9 Å². The van der Waals surface area contributed by atoms with Crippen LogP contribution < -0.4 is 0 Å². The zero-order valence-corrected chi connectivity index (χ0v) is 20.1. The molecule has 2 aromatic rings. The highest BCUT2D eigenvalue weighted by Gasteiger charge is 2.13. The highest BCUT2D eigenvalue weighted by molar-refractivity contribution is 7.11. The Hall–Kier alpha value is -2.16. The highest BCUT2D eigenvalue weighted by Crippen LogP contribution is 2.29. The fourth-order valence-corrected chi connectivity index (χ4v) is 4.62. The van der Waals surface area contributed by atoms with Crippen molar-refractivity contribution in [2.45, 2.75) is 52.9 Å². The molecule has 2 heteroatoms. The summed E-state index contributed by atoms with van der Waals surface area (Å²) in [6.45, 7) is 8.46. The third-order valence-corrected chi connectivity index (χ3v) is 6.79. The first-order valence-electron chi connectivity index (χ1n) is 11.6. The smallest absolute Gasteiger partial charge is 0.0469 e. The van der Waals surface area contributed by atoms with Crippen molar-refractivity contribution >= 4 is 29.6 Å². The molecular weight excluding hydrogens is 396 g/mol. The molecule has 1 atom stereocenters. The van der Waals surface area contributed by atoms with Crippen LogP contribution in [0.4, 0.5) is 0 Å². The predicted molar refractivity (Wildman–Crippen MR) is 138 cm³/mol. The second kappa shape index (κ2) is 12.6. The van der Waals surface area contributed by atoms with Gasteiger partial charge < -0.3 is 4.74 Å². The third-order valence-electron chi connectivity index (χ3n) is 5.81.